The molecule has 0 bridgehead atoms. The van der Waals surface area contributed by atoms with Crippen LogP contribution in [0.25, 0.3) is 10.8 Å². The topological polar surface area (TPSA) is 53.5 Å². The highest BCUT2D eigenvalue weighted by Gasteiger charge is 1.98. The number of rotatable bonds is 3. The molecule has 4 nitrogen and oxygen atoms in total. The summed E-state index contributed by atoms with van der Waals surface area (Å²) in [5, 5.41) is 8.97. The normalized spacial score (nSPS) is 10.7. The number of carbonyl (C=O) groups excluding carboxylic acids is 1. The molecule has 0 aromatic heterocycles. The van der Waals surface area contributed by atoms with Crippen LogP contribution in [-0.4, -0.2) is 12.2 Å². The Kier molecular flexibility index (Phi) is 4.11. The molecular formula is C18H15N3O. The van der Waals surface area contributed by atoms with Crippen molar-refractivity contribution in [3.63, 3.8) is 0 Å². The van der Waals surface area contributed by atoms with Crippen LogP contribution in [0.3, 0.4) is 0 Å². The molecule has 0 fully saturated rings. The number of hydrazone groups is 1. The summed E-state index contributed by atoms with van der Waals surface area (Å²) >= 11 is 0. The first-order valence-corrected chi connectivity index (χ1v) is 6.95. The molecule has 0 aliphatic rings. The first kappa shape index (κ1) is 13.8. The molecule has 108 valence electrons. The van der Waals surface area contributed by atoms with Gasteiger partial charge in [-0.1, -0.05) is 54.6 Å². The second kappa shape index (κ2) is 6.54. The molecule has 3 aromatic rings. The number of fused-ring (bicyclic) bond motifs is 1. The Morgan fingerprint density at radius 3 is 2.41 bits per heavy atom. The highest BCUT2D eigenvalue weighted by Crippen LogP contribution is 2.14. The summed E-state index contributed by atoms with van der Waals surface area (Å²) in [7, 11) is 0. The minimum atomic E-state index is -0.372. The van der Waals surface area contributed by atoms with Crippen LogP contribution in [0.5, 0.6) is 0 Å². The highest BCUT2D eigenvalue weighted by molar-refractivity contribution is 5.92. The van der Waals surface area contributed by atoms with Crippen LogP contribution in [0, 0.1) is 0 Å². The Labute approximate surface area is 128 Å². The van der Waals surface area contributed by atoms with E-state index < -0.39 is 0 Å². The van der Waals surface area contributed by atoms with Gasteiger partial charge in [-0.15, -0.1) is 0 Å². The molecule has 4 heteroatoms. The molecule has 0 atom stereocenters. The zero-order valence-corrected chi connectivity index (χ0v) is 11.9. The van der Waals surface area contributed by atoms with Crippen molar-refractivity contribution >= 4 is 28.7 Å². The molecule has 0 aliphatic carbocycles. The molecule has 0 aliphatic heterocycles. The van der Waals surface area contributed by atoms with E-state index in [0.29, 0.717) is 0 Å². The Bertz CT molecular complexity index is 813. The lowest BCUT2D eigenvalue weighted by Gasteiger charge is -2.03. The summed E-state index contributed by atoms with van der Waals surface area (Å²) in [4.78, 5) is 11.7. The van der Waals surface area contributed by atoms with Crippen LogP contribution >= 0.6 is 0 Å². The number of nitrogens with zero attached hydrogens (tertiary/aromatic N) is 1. The van der Waals surface area contributed by atoms with E-state index in [-0.39, 0.29) is 6.03 Å². The van der Waals surface area contributed by atoms with Gasteiger partial charge in [-0.2, -0.15) is 5.10 Å². The fourth-order valence-corrected chi connectivity index (χ4v) is 2.13. The van der Waals surface area contributed by atoms with Gasteiger partial charge in [-0.25, -0.2) is 10.2 Å². The van der Waals surface area contributed by atoms with Crippen molar-refractivity contribution in [1.82, 2.24) is 5.43 Å². The van der Waals surface area contributed by atoms with E-state index in [1.54, 1.807) is 6.21 Å². The van der Waals surface area contributed by atoms with Crippen LogP contribution < -0.4 is 10.7 Å². The van der Waals surface area contributed by atoms with Crippen LogP contribution in [-0.2, 0) is 0 Å². The smallest absolute Gasteiger partial charge is 0.307 e. The zero-order chi connectivity index (χ0) is 15.2. The van der Waals surface area contributed by atoms with Crippen molar-refractivity contribution in [1.29, 1.82) is 0 Å². The van der Waals surface area contributed by atoms with Gasteiger partial charge in [-0.05, 0) is 34.5 Å². The van der Waals surface area contributed by atoms with E-state index in [4.69, 9.17) is 0 Å². The minimum Gasteiger partial charge on any atom is -0.307 e. The second-order valence-electron chi connectivity index (χ2n) is 4.80. The Morgan fingerprint density at radius 1 is 0.864 bits per heavy atom. The van der Waals surface area contributed by atoms with E-state index in [0.717, 1.165) is 16.6 Å². The van der Waals surface area contributed by atoms with Crippen molar-refractivity contribution in [2.45, 2.75) is 0 Å². The van der Waals surface area contributed by atoms with Crippen LogP contribution in [0.4, 0.5) is 10.5 Å². The molecule has 0 radical (unpaired) electrons. The maximum atomic E-state index is 11.7. The fraction of sp³-hybridized carbons (Fsp3) is 0. The lowest BCUT2D eigenvalue weighted by atomic mass is 10.1. The average molecular weight is 289 g/mol. The minimum absolute atomic E-state index is 0.372. The highest BCUT2D eigenvalue weighted by atomic mass is 16.2. The van der Waals surface area contributed by atoms with Gasteiger partial charge >= 0.3 is 6.03 Å². The number of benzene rings is 3. The summed E-state index contributed by atoms with van der Waals surface area (Å²) < 4.78 is 0. The van der Waals surface area contributed by atoms with Crippen molar-refractivity contribution < 1.29 is 4.79 Å². The summed E-state index contributed by atoms with van der Waals surface area (Å²) in [6.07, 6.45) is 1.62. The molecule has 3 aromatic carbocycles. The van der Waals surface area contributed by atoms with Crippen LogP contribution in [0.15, 0.2) is 77.9 Å². The van der Waals surface area contributed by atoms with Gasteiger partial charge in [0.05, 0.1) is 6.21 Å². The van der Waals surface area contributed by atoms with Crippen LogP contribution in [0.1, 0.15) is 5.56 Å². The lowest BCUT2D eigenvalue weighted by molar-refractivity contribution is 0.252. The van der Waals surface area contributed by atoms with Gasteiger partial charge in [0.25, 0.3) is 0 Å². The number of amides is 2. The van der Waals surface area contributed by atoms with E-state index in [9.17, 15) is 4.79 Å². The molecule has 2 N–H and O–H groups in total. The van der Waals surface area contributed by atoms with Crippen LogP contribution in [0.2, 0.25) is 0 Å². The average Bonchev–Trinajstić information content (AvgIpc) is 2.55. The molecule has 2 amide bonds. The Morgan fingerprint density at radius 2 is 1.59 bits per heavy atom. The number of nitrogens with one attached hydrogen (secondary N) is 2. The quantitative estimate of drug-likeness (QED) is 0.556. The molecule has 22 heavy (non-hydrogen) atoms. The van der Waals surface area contributed by atoms with Gasteiger partial charge < -0.3 is 5.32 Å². The monoisotopic (exact) mass is 289 g/mol. The third-order valence-electron chi connectivity index (χ3n) is 3.18. The lowest BCUT2D eigenvalue weighted by Crippen LogP contribution is -2.24. The number of para-hydroxylation sites is 1. The third kappa shape index (κ3) is 3.49. The summed E-state index contributed by atoms with van der Waals surface area (Å²) in [6.45, 7) is 0. The first-order valence-electron chi connectivity index (χ1n) is 6.95. The zero-order valence-electron chi connectivity index (χ0n) is 11.9. The maximum absolute atomic E-state index is 11.7. The van der Waals surface area contributed by atoms with Crippen molar-refractivity contribution in [3.8, 4) is 0 Å². The SMILES string of the molecule is O=C(N/N=C/c1ccc2ccccc2c1)Nc1ccccc1. The van der Waals surface area contributed by atoms with Gasteiger partial charge in [0.2, 0.25) is 0 Å². The standard InChI is InChI=1S/C18H15N3O/c22-18(20-17-8-2-1-3-9-17)21-19-13-14-10-11-15-6-4-5-7-16(15)12-14/h1-13H,(H2,20,21,22)/b19-13+. The molecule has 0 unspecified atom stereocenters. The molecule has 0 heterocycles. The first-order chi connectivity index (χ1) is 10.8. The molecule has 0 spiro atoms. The van der Waals surface area contributed by atoms with E-state index >= 15 is 0 Å². The van der Waals surface area contributed by atoms with Gasteiger partial charge in [-0.3, -0.25) is 0 Å². The van der Waals surface area contributed by atoms with E-state index in [1.165, 1.54) is 5.39 Å². The van der Waals surface area contributed by atoms with Gasteiger partial charge in [0, 0.05) is 5.69 Å². The second-order valence-corrected chi connectivity index (χ2v) is 4.80. The van der Waals surface area contributed by atoms with Crippen molar-refractivity contribution in [3.05, 3.63) is 78.4 Å². The molecule has 0 saturated carbocycles. The van der Waals surface area contributed by atoms with E-state index in [1.807, 2.05) is 66.7 Å². The summed E-state index contributed by atoms with van der Waals surface area (Å²) in [5.74, 6) is 0. The number of carbonyl (C=O) groups is 1. The molecule has 3 rings (SSSR count). The number of hydrogen-bond donors (Lipinski definition) is 2. The van der Waals surface area contributed by atoms with E-state index in [2.05, 4.69) is 21.9 Å². The predicted octanol–water partition coefficient (Wildman–Crippen LogP) is 4.00. The van der Waals surface area contributed by atoms with Crippen molar-refractivity contribution in [2.24, 2.45) is 5.10 Å². The number of hydrogen-bond acceptors (Lipinski definition) is 2. The summed E-state index contributed by atoms with van der Waals surface area (Å²) in [5.41, 5.74) is 4.10. The van der Waals surface area contributed by atoms with Gasteiger partial charge in [0.15, 0.2) is 0 Å². The fourth-order valence-electron chi connectivity index (χ4n) is 2.13. The summed E-state index contributed by atoms with van der Waals surface area (Å²) in [6, 6.07) is 23.0. The third-order valence-corrected chi connectivity index (χ3v) is 3.18. The molecular weight excluding hydrogens is 274 g/mol. The molecule has 0 saturated heterocycles. The number of urea groups is 1. The Hall–Kier alpha value is -3.14. The number of anilines is 1. The van der Waals surface area contributed by atoms with Crippen molar-refractivity contribution in [2.75, 3.05) is 5.32 Å². The maximum Gasteiger partial charge on any atom is 0.339 e. The largest absolute Gasteiger partial charge is 0.339 e. The Balaban J connectivity index is 1.62. The van der Waals surface area contributed by atoms with Gasteiger partial charge in [0.1, 0.15) is 0 Å². The predicted molar refractivity (Wildman–Crippen MR) is 90.1 cm³/mol.